The summed E-state index contributed by atoms with van der Waals surface area (Å²) in [6.45, 7) is 4.66. The minimum atomic E-state index is -3.21. The maximum absolute atomic E-state index is 13.1. The van der Waals surface area contributed by atoms with Crippen molar-refractivity contribution in [2.24, 2.45) is 4.99 Å². The molecule has 0 spiro atoms. The molecule has 4 rings (SSSR count). The summed E-state index contributed by atoms with van der Waals surface area (Å²) in [5, 5.41) is 0.231. The Hall–Kier alpha value is -2.44. The molecule has 0 unspecified atom stereocenters. The molecule has 2 aromatic carbocycles. The summed E-state index contributed by atoms with van der Waals surface area (Å²) in [6, 6.07) is 8.53. The Bertz CT molecular complexity index is 1320. The molecule has 200 valence electrons. The molecule has 1 amide bonds. The summed E-state index contributed by atoms with van der Waals surface area (Å²) in [4.78, 5) is 19.3. The van der Waals surface area contributed by atoms with Gasteiger partial charge in [-0.3, -0.25) is 4.79 Å². The number of halogens is 1. The van der Waals surface area contributed by atoms with Gasteiger partial charge in [-0.05, 0) is 47.5 Å². The van der Waals surface area contributed by atoms with Crippen molar-refractivity contribution in [2.45, 2.75) is 31.6 Å². The molecule has 37 heavy (non-hydrogen) atoms. The third-order valence-corrected chi connectivity index (χ3v) is 9.81. The second-order valence-corrected chi connectivity index (χ2v) is 12.7. The largest absolute Gasteiger partial charge is 0.493 e. The molecule has 0 aromatic heterocycles. The molecule has 0 aliphatic carbocycles. The van der Waals surface area contributed by atoms with E-state index in [1.165, 1.54) is 18.9 Å². The zero-order valence-electron chi connectivity index (χ0n) is 21.0. The topological polar surface area (TPSA) is 104 Å². The van der Waals surface area contributed by atoms with Crippen molar-refractivity contribution in [2.75, 3.05) is 43.8 Å². The lowest BCUT2D eigenvalue weighted by atomic mass is 10.1. The monoisotopic (exact) mass is 612 g/mol. The van der Waals surface area contributed by atoms with Gasteiger partial charge in [-0.1, -0.05) is 17.8 Å². The number of anilines is 1. The summed E-state index contributed by atoms with van der Waals surface area (Å²) >= 11 is 4.93. The molecular formula is C25H29BrN2O7S2. The van der Waals surface area contributed by atoms with Crippen LogP contribution in [0.25, 0.3) is 0 Å². The number of fused-ring (bicyclic) bond motifs is 1. The van der Waals surface area contributed by atoms with Crippen LogP contribution in [0.15, 0.2) is 39.8 Å². The van der Waals surface area contributed by atoms with Crippen LogP contribution in [0.5, 0.6) is 23.0 Å². The minimum Gasteiger partial charge on any atom is -0.493 e. The van der Waals surface area contributed by atoms with E-state index in [1.807, 2.05) is 18.7 Å². The smallest absolute Gasteiger partial charge is 0.252 e. The Morgan fingerprint density at radius 3 is 2.35 bits per heavy atom. The van der Waals surface area contributed by atoms with E-state index in [4.69, 9.17) is 18.9 Å². The van der Waals surface area contributed by atoms with Crippen LogP contribution in [0.1, 0.15) is 19.4 Å². The first-order valence-corrected chi connectivity index (χ1v) is 15.3. The molecule has 9 nitrogen and oxygen atoms in total. The zero-order valence-corrected chi connectivity index (χ0v) is 24.2. The van der Waals surface area contributed by atoms with Gasteiger partial charge in [0.25, 0.3) is 5.91 Å². The van der Waals surface area contributed by atoms with Crippen LogP contribution in [-0.2, 0) is 21.1 Å². The molecule has 2 atom stereocenters. The van der Waals surface area contributed by atoms with Crippen LogP contribution in [0.3, 0.4) is 0 Å². The molecule has 0 saturated carbocycles. The summed E-state index contributed by atoms with van der Waals surface area (Å²) < 4.78 is 47.8. The molecule has 2 saturated heterocycles. The predicted molar refractivity (Wildman–Crippen MR) is 148 cm³/mol. The van der Waals surface area contributed by atoms with Crippen molar-refractivity contribution in [1.29, 1.82) is 0 Å². The molecular weight excluding hydrogens is 584 g/mol. The van der Waals surface area contributed by atoms with Gasteiger partial charge in [0.05, 0.1) is 57.1 Å². The highest BCUT2D eigenvalue weighted by Crippen LogP contribution is 2.46. The molecule has 2 fully saturated rings. The Kier molecular flexibility index (Phi) is 8.59. The van der Waals surface area contributed by atoms with Crippen LogP contribution < -0.4 is 23.8 Å². The summed E-state index contributed by atoms with van der Waals surface area (Å²) in [6.07, 6.45) is 0.0561. The third kappa shape index (κ3) is 6.01. The van der Waals surface area contributed by atoms with Gasteiger partial charge in [0, 0.05) is 21.9 Å². The van der Waals surface area contributed by atoms with Gasteiger partial charge in [-0.25, -0.2) is 8.42 Å². The van der Waals surface area contributed by atoms with E-state index >= 15 is 0 Å². The lowest BCUT2D eigenvalue weighted by Crippen LogP contribution is -2.38. The van der Waals surface area contributed by atoms with Crippen molar-refractivity contribution < 1.29 is 32.2 Å². The average Bonchev–Trinajstić information content (AvgIpc) is 3.31. The highest BCUT2D eigenvalue weighted by Gasteiger charge is 2.50. The molecule has 2 aromatic rings. The third-order valence-electron chi connectivity index (χ3n) is 5.96. The standard InChI is InChI=1S/C25H29BrN2O7S2/c1-5-34-21-11-16(26)17(12-22(21)35-6-2)28-18-13-37(30,31)14-23(18)36-25(28)27-24(29)10-15-7-8-19(32-3)20(9-15)33-4/h7-9,11-12,18,23H,5-6,10,13-14H2,1-4H3/t18-,23-/m0/s1. The maximum Gasteiger partial charge on any atom is 0.252 e. The number of hydrogen-bond donors (Lipinski definition) is 0. The minimum absolute atomic E-state index is 0.0167. The number of thioether (sulfide) groups is 1. The summed E-state index contributed by atoms with van der Waals surface area (Å²) in [5.74, 6) is 1.88. The van der Waals surface area contributed by atoms with E-state index in [-0.39, 0.29) is 35.1 Å². The lowest BCUT2D eigenvalue weighted by Gasteiger charge is -2.27. The highest BCUT2D eigenvalue weighted by molar-refractivity contribution is 9.10. The molecule has 0 radical (unpaired) electrons. The fourth-order valence-corrected chi connectivity index (χ4v) is 8.84. The van der Waals surface area contributed by atoms with Crippen LogP contribution in [0, 0.1) is 0 Å². The number of nitrogens with zero attached hydrogens (tertiary/aromatic N) is 2. The van der Waals surface area contributed by atoms with Crippen LogP contribution in [-0.4, -0.2) is 69.7 Å². The number of carbonyl (C=O) groups is 1. The zero-order chi connectivity index (χ0) is 26.7. The molecule has 12 heteroatoms. The van der Waals surface area contributed by atoms with E-state index in [9.17, 15) is 13.2 Å². The normalized spacial score (nSPS) is 21.1. The van der Waals surface area contributed by atoms with Gasteiger partial charge < -0.3 is 23.8 Å². The second-order valence-electron chi connectivity index (χ2n) is 8.44. The van der Waals surface area contributed by atoms with Crippen molar-refractivity contribution in [3.8, 4) is 23.0 Å². The number of amidine groups is 1. The number of amides is 1. The van der Waals surface area contributed by atoms with E-state index in [1.54, 1.807) is 37.4 Å². The first-order chi connectivity index (χ1) is 17.7. The van der Waals surface area contributed by atoms with Gasteiger partial charge >= 0.3 is 0 Å². The van der Waals surface area contributed by atoms with Crippen LogP contribution in [0.2, 0.25) is 0 Å². The van der Waals surface area contributed by atoms with Crippen LogP contribution >= 0.6 is 27.7 Å². The number of carbonyl (C=O) groups excluding carboxylic acids is 1. The summed E-state index contributed by atoms with van der Waals surface area (Å²) in [5.41, 5.74) is 1.40. The van der Waals surface area contributed by atoms with Gasteiger partial charge in [0.15, 0.2) is 38.0 Å². The number of ether oxygens (including phenoxy) is 4. The number of sulfone groups is 1. The van der Waals surface area contributed by atoms with Gasteiger partial charge in [0.2, 0.25) is 0 Å². The van der Waals surface area contributed by atoms with Gasteiger partial charge in [0.1, 0.15) is 0 Å². The number of rotatable bonds is 9. The van der Waals surface area contributed by atoms with Gasteiger partial charge in [-0.2, -0.15) is 4.99 Å². The van der Waals surface area contributed by atoms with E-state index in [0.29, 0.717) is 51.5 Å². The van der Waals surface area contributed by atoms with Crippen molar-refractivity contribution >= 4 is 54.3 Å². The van der Waals surface area contributed by atoms with Crippen molar-refractivity contribution in [1.82, 2.24) is 0 Å². The van der Waals surface area contributed by atoms with Gasteiger partial charge in [-0.15, -0.1) is 0 Å². The molecule has 2 heterocycles. The predicted octanol–water partition coefficient (Wildman–Crippen LogP) is 4.11. The maximum atomic E-state index is 13.1. The quantitative estimate of drug-likeness (QED) is 0.414. The Labute approximate surface area is 229 Å². The lowest BCUT2D eigenvalue weighted by molar-refractivity contribution is -0.117. The molecule has 0 N–H and O–H groups in total. The second kappa shape index (κ2) is 11.5. The Morgan fingerprint density at radius 2 is 1.70 bits per heavy atom. The molecule has 2 aliphatic rings. The Morgan fingerprint density at radius 1 is 1.03 bits per heavy atom. The first-order valence-electron chi connectivity index (χ1n) is 11.8. The number of methoxy groups -OCH3 is 2. The summed E-state index contributed by atoms with van der Waals surface area (Å²) in [7, 11) is -0.125. The van der Waals surface area contributed by atoms with E-state index in [0.717, 1.165) is 5.56 Å². The number of hydrogen-bond acceptors (Lipinski definition) is 8. The molecule has 2 aliphatic heterocycles. The Balaban J connectivity index is 1.70. The van der Waals surface area contributed by atoms with Crippen molar-refractivity contribution in [3.63, 3.8) is 0 Å². The van der Waals surface area contributed by atoms with Crippen LogP contribution in [0.4, 0.5) is 5.69 Å². The molecule has 0 bridgehead atoms. The number of aliphatic imine (C=N–C) groups is 1. The fraction of sp³-hybridized carbons (Fsp3) is 0.440. The van der Waals surface area contributed by atoms with E-state index < -0.39 is 9.84 Å². The SMILES string of the molecule is CCOc1cc(Br)c(N2C(=NC(=O)Cc3ccc(OC)c(OC)c3)S[C@H]3CS(=O)(=O)C[C@@H]32)cc1OCC. The first kappa shape index (κ1) is 27.6. The fourth-order valence-electron chi connectivity index (χ4n) is 4.40. The average molecular weight is 614 g/mol. The van der Waals surface area contributed by atoms with Crippen molar-refractivity contribution in [3.05, 3.63) is 40.4 Å². The number of benzene rings is 2. The highest BCUT2D eigenvalue weighted by atomic mass is 79.9. The van der Waals surface area contributed by atoms with E-state index in [2.05, 4.69) is 20.9 Å².